The number of carbonyl (C=O) groups excluding carboxylic acids is 2. The summed E-state index contributed by atoms with van der Waals surface area (Å²) in [5, 5.41) is 2.59. The summed E-state index contributed by atoms with van der Waals surface area (Å²) in [4.78, 5) is 29.9. The van der Waals surface area contributed by atoms with Crippen LogP contribution >= 0.6 is 11.3 Å². The van der Waals surface area contributed by atoms with Crippen LogP contribution in [0.15, 0.2) is 35.8 Å². The van der Waals surface area contributed by atoms with Gasteiger partial charge in [-0.05, 0) is 18.2 Å². The number of anilines is 1. The summed E-state index contributed by atoms with van der Waals surface area (Å²) in [7, 11) is 0. The van der Waals surface area contributed by atoms with Crippen LogP contribution < -0.4 is 14.8 Å². The van der Waals surface area contributed by atoms with Gasteiger partial charge in [0.15, 0.2) is 6.61 Å². The van der Waals surface area contributed by atoms with Crippen molar-refractivity contribution in [2.24, 2.45) is 5.92 Å². The Morgan fingerprint density at radius 2 is 2.21 bits per heavy atom. The lowest BCUT2D eigenvalue weighted by molar-refractivity contribution is -0.118. The van der Waals surface area contributed by atoms with Crippen molar-refractivity contribution in [3.63, 3.8) is 0 Å². The topological polar surface area (TPSA) is 80.8 Å². The number of hydrogen-bond acceptors (Lipinski definition) is 6. The number of carbonyl (C=O) groups is 2. The van der Waals surface area contributed by atoms with Gasteiger partial charge in [0.25, 0.3) is 11.8 Å². The van der Waals surface area contributed by atoms with Gasteiger partial charge < -0.3 is 19.7 Å². The van der Waals surface area contributed by atoms with Crippen LogP contribution in [0.25, 0.3) is 10.2 Å². The number of hydrogen-bond donors (Lipinski definition) is 1. The number of aromatic nitrogens is 1. The van der Waals surface area contributed by atoms with Crippen LogP contribution in [0.4, 0.5) is 10.1 Å². The smallest absolute Gasteiger partial charge is 0.262 e. The summed E-state index contributed by atoms with van der Waals surface area (Å²) in [6, 6.07) is 8.24. The highest BCUT2D eigenvalue weighted by molar-refractivity contribution is 7.16. The maximum absolute atomic E-state index is 14.3. The van der Waals surface area contributed by atoms with Gasteiger partial charge in [-0.25, -0.2) is 9.37 Å². The zero-order valence-corrected chi connectivity index (χ0v) is 16.0. The molecule has 1 fully saturated rings. The number of thiazole rings is 1. The molecular formula is C20H16FN3O4S. The second kappa shape index (κ2) is 7.00. The molecule has 3 aromatic rings. The number of amides is 2. The van der Waals surface area contributed by atoms with Crippen molar-refractivity contribution >= 4 is 39.1 Å². The van der Waals surface area contributed by atoms with E-state index in [2.05, 4.69) is 10.3 Å². The fourth-order valence-corrected chi connectivity index (χ4v) is 4.08. The van der Waals surface area contributed by atoms with Crippen molar-refractivity contribution in [2.75, 3.05) is 31.6 Å². The van der Waals surface area contributed by atoms with E-state index in [9.17, 15) is 14.0 Å². The van der Waals surface area contributed by atoms with E-state index in [-0.39, 0.29) is 29.7 Å². The Morgan fingerprint density at radius 3 is 3.07 bits per heavy atom. The van der Waals surface area contributed by atoms with Crippen molar-refractivity contribution in [2.45, 2.75) is 0 Å². The van der Waals surface area contributed by atoms with E-state index in [1.54, 1.807) is 21.7 Å². The van der Waals surface area contributed by atoms with Gasteiger partial charge in [-0.3, -0.25) is 9.59 Å². The molecule has 29 heavy (non-hydrogen) atoms. The third-order valence-electron chi connectivity index (χ3n) is 4.96. The van der Waals surface area contributed by atoms with Crippen molar-refractivity contribution in [1.82, 2.24) is 9.88 Å². The lowest BCUT2D eigenvalue weighted by Gasteiger charge is -2.39. The first-order valence-corrected chi connectivity index (χ1v) is 9.96. The second-order valence-electron chi connectivity index (χ2n) is 7.03. The Kier molecular flexibility index (Phi) is 4.31. The highest BCUT2D eigenvalue weighted by atomic mass is 32.1. The van der Waals surface area contributed by atoms with E-state index in [0.29, 0.717) is 25.4 Å². The molecule has 148 valence electrons. The highest BCUT2D eigenvalue weighted by Gasteiger charge is 2.33. The van der Waals surface area contributed by atoms with Gasteiger partial charge in [0.05, 0.1) is 33.6 Å². The number of ether oxygens (including phenoxy) is 2. The molecule has 1 N–H and O–H groups in total. The summed E-state index contributed by atoms with van der Waals surface area (Å²) in [6.45, 7) is 1.27. The van der Waals surface area contributed by atoms with Crippen molar-refractivity contribution < 1.29 is 23.5 Å². The van der Waals surface area contributed by atoms with E-state index in [1.807, 2.05) is 18.2 Å². The Labute approximate surface area is 169 Å². The number of halogens is 1. The fourth-order valence-electron chi connectivity index (χ4n) is 3.42. The summed E-state index contributed by atoms with van der Waals surface area (Å²) in [6.07, 6.45) is 0. The minimum atomic E-state index is -0.666. The molecule has 2 aliphatic rings. The van der Waals surface area contributed by atoms with Crippen LogP contribution in [-0.2, 0) is 4.79 Å². The van der Waals surface area contributed by atoms with Crippen LogP contribution in [0.5, 0.6) is 11.5 Å². The predicted molar refractivity (Wildman–Crippen MR) is 105 cm³/mol. The molecule has 0 radical (unpaired) electrons. The Hall–Kier alpha value is -3.20. The first kappa shape index (κ1) is 17.9. The molecule has 2 aliphatic heterocycles. The number of nitrogens with one attached hydrogen (secondary N) is 1. The first-order chi connectivity index (χ1) is 14.1. The largest absolute Gasteiger partial charge is 0.493 e. The van der Waals surface area contributed by atoms with Gasteiger partial charge in [0.2, 0.25) is 0 Å². The Bertz CT molecular complexity index is 1130. The van der Waals surface area contributed by atoms with Gasteiger partial charge in [-0.1, -0.05) is 0 Å². The van der Waals surface area contributed by atoms with Crippen LogP contribution in [-0.4, -0.2) is 48.0 Å². The summed E-state index contributed by atoms with van der Waals surface area (Å²) >= 11 is 1.57. The maximum atomic E-state index is 14.3. The molecule has 7 nitrogen and oxygen atoms in total. The van der Waals surface area contributed by atoms with Crippen molar-refractivity contribution in [3.05, 3.63) is 47.2 Å². The molecule has 1 saturated heterocycles. The number of rotatable bonds is 4. The maximum Gasteiger partial charge on any atom is 0.262 e. The van der Waals surface area contributed by atoms with Gasteiger partial charge in [-0.2, -0.15) is 0 Å². The monoisotopic (exact) mass is 413 g/mol. The normalized spacial score (nSPS) is 16.0. The zero-order valence-electron chi connectivity index (χ0n) is 15.2. The summed E-state index contributed by atoms with van der Waals surface area (Å²) in [5.74, 6) is -0.269. The molecule has 2 amide bonds. The molecule has 0 aliphatic carbocycles. The Morgan fingerprint density at radius 1 is 1.34 bits per heavy atom. The molecule has 1 aromatic heterocycles. The molecule has 9 heteroatoms. The number of benzene rings is 2. The van der Waals surface area contributed by atoms with Crippen LogP contribution in [0, 0.1) is 11.7 Å². The number of fused-ring (bicyclic) bond motifs is 2. The third kappa shape index (κ3) is 3.38. The third-order valence-corrected chi connectivity index (χ3v) is 5.77. The van der Waals surface area contributed by atoms with Gasteiger partial charge >= 0.3 is 0 Å². The van der Waals surface area contributed by atoms with E-state index in [0.717, 1.165) is 22.0 Å². The van der Waals surface area contributed by atoms with Crippen LogP contribution in [0.3, 0.4) is 0 Å². The molecule has 3 heterocycles. The number of nitrogens with zero attached hydrogens (tertiary/aromatic N) is 2. The highest BCUT2D eigenvalue weighted by Crippen LogP contribution is 2.32. The first-order valence-electron chi connectivity index (χ1n) is 9.08. The molecule has 0 spiro atoms. The van der Waals surface area contributed by atoms with Crippen molar-refractivity contribution in [1.29, 1.82) is 0 Å². The van der Waals surface area contributed by atoms with E-state index >= 15 is 0 Å². The van der Waals surface area contributed by atoms with Crippen LogP contribution in [0.2, 0.25) is 0 Å². The average Bonchev–Trinajstić information content (AvgIpc) is 3.14. The van der Waals surface area contributed by atoms with Gasteiger partial charge in [0.1, 0.15) is 17.3 Å². The lowest BCUT2D eigenvalue weighted by Crippen LogP contribution is -2.52. The second-order valence-corrected chi connectivity index (χ2v) is 7.92. The quantitative estimate of drug-likeness (QED) is 0.711. The average molecular weight is 413 g/mol. The lowest BCUT2D eigenvalue weighted by atomic mass is 9.99. The molecule has 2 aromatic carbocycles. The fraction of sp³-hybridized carbons (Fsp3) is 0.250. The van der Waals surface area contributed by atoms with Gasteiger partial charge in [0, 0.05) is 31.1 Å². The minimum Gasteiger partial charge on any atom is -0.493 e. The number of likely N-dealkylation sites (tertiary alicyclic amines) is 1. The molecule has 0 atom stereocenters. The van der Waals surface area contributed by atoms with E-state index < -0.39 is 11.7 Å². The molecule has 5 rings (SSSR count). The van der Waals surface area contributed by atoms with Crippen molar-refractivity contribution in [3.8, 4) is 11.5 Å². The SMILES string of the molecule is O=C1COc2cc(F)c(C(=O)N3CC(COc4ccc5scnc5c4)C3)cc2N1. The van der Waals surface area contributed by atoms with Crippen LogP contribution in [0.1, 0.15) is 10.4 Å². The minimum absolute atomic E-state index is 0.0806. The predicted octanol–water partition coefficient (Wildman–Crippen LogP) is 2.92. The Balaban J connectivity index is 1.20. The summed E-state index contributed by atoms with van der Waals surface area (Å²) in [5.41, 5.74) is 2.92. The molecular weight excluding hydrogens is 397 g/mol. The molecule has 0 unspecified atom stereocenters. The zero-order chi connectivity index (χ0) is 20.0. The molecule has 0 saturated carbocycles. The summed E-state index contributed by atoms with van der Waals surface area (Å²) < 4.78 is 26.4. The molecule has 0 bridgehead atoms. The van der Waals surface area contributed by atoms with Gasteiger partial charge in [-0.15, -0.1) is 11.3 Å². The van der Waals surface area contributed by atoms with E-state index in [1.165, 1.54) is 6.07 Å². The van der Waals surface area contributed by atoms with E-state index in [4.69, 9.17) is 9.47 Å². The standard InChI is InChI=1S/C20H16FN3O4S/c21-14-5-17-15(23-19(25)9-28-17)4-13(14)20(26)24-6-11(7-24)8-27-12-1-2-18-16(3-12)22-10-29-18/h1-5,10-11H,6-9H2,(H,23,25).